The van der Waals surface area contributed by atoms with E-state index in [-0.39, 0.29) is 11.6 Å². The van der Waals surface area contributed by atoms with E-state index in [2.05, 4.69) is 60.7 Å². The molecule has 0 aromatic heterocycles. The van der Waals surface area contributed by atoms with Crippen LogP contribution in [0.1, 0.15) is 67.9 Å². The highest BCUT2D eigenvalue weighted by atomic mass is 16.5. The smallest absolute Gasteiger partial charge is 0.159 e. The van der Waals surface area contributed by atoms with E-state index in [1.54, 1.807) is 28.1 Å². The van der Waals surface area contributed by atoms with Gasteiger partial charge in [-0.15, -0.1) is 0 Å². The van der Waals surface area contributed by atoms with Crippen LogP contribution in [0.2, 0.25) is 0 Å². The number of carbonyl (C=O) groups is 2. The zero-order valence-electron chi connectivity index (χ0n) is 25.3. The maximum atomic E-state index is 11.8. The summed E-state index contributed by atoms with van der Waals surface area (Å²) in [4.78, 5) is 23.6. The van der Waals surface area contributed by atoms with Gasteiger partial charge < -0.3 is 9.47 Å². The Bertz CT molecular complexity index is 1670. The fourth-order valence-electron chi connectivity index (χ4n) is 5.00. The second-order valence-electron chi connectivity index (χ2n) is 10.5. The molecule has 0 spiro atoms. The SMILES string of the molecule is COc1ccc(/C(=C\c2ccc(C(C)=O)cc2)c2ccc(/C(=C/c3ccc(C(C)=O)cc3)c3ccc(OC)cc3)cc2)cc1. The summed E-state index contributed by atoms with van der Waals surface area (Å²) >= 11 is 0. The van der Waals surface area contributed by atoms with E-state index in [0.717, 1.165) is 56.0 Å². The van der Waals surface area contributed by atoms with Gasteiger partial charge in [-0.3, -0.25) is 9.59 Å². The Labute approximate surface area is 258 Å². The molecule has 0 saturated heterocycles. The number of rotatable bonds is 10. The number of Topliss-reactive ketones (excluding diaryl/α,β-unsaturated/α-hetero) is 2. The lowest BCUT2D eigenvalue weighted by Gasteiger charge is -2.14. The molecule has 0 aliphatic carbocycles. The van der Waals surface area contributed by atoms with Gasteiger partial charge in [0.1, 0.15) is 11.5 Å². The van der Waals surface area contributed by atoms with Crippen LogP contribution in [-0.4, -0.2) is 25.8 Å². The van der Waals surface area contributed by atoms with Crippen molar-refractivity contribution in [1.29, 1.82) is 0 Å². The number of hydrogen-bond donors (Lipinski definition) is 0. The van der Waals surface area contributed by atoms with Gasteiger partial charge >= 0.3 is 0 Å². The van der Waals surface area contributed by atoms with Gasteiger partial charge in [0.2, 0.25) is 0 Å². The maximum absolute atomic E-state index is 11.8. The molecule has 5 rings (SSSR count). The fraction of sp³-hybridized carbons (Fsp3) is 0.100. The van der Waals surface area contributed by atoms with Gasteiger partial charge in [0.05, 0.1) is 14.2 Å². The lowest BCUT2D eigenvalue weighted by molar-refractivity contribution is 0.100. The van der Waals surface area contributed by atoms with Crippen molar-refractivity contribution < 1.29 is 19.1 Å². The number of ether oxygens (including phenoxy) is 2. The minimum atomic E-state index is 0.0435. The summed E-state index contributed by atoms with van der Waals surface area (Å²) in [7, 11) is 3.32. The van der Waals surface area contributed by atoms with Gasteiger partial charge in [-0.05, 0) is 94.8 Å². The highest BCUT2D eigenvalue weighted by Crippen LogP contribution is 2.32. The van der Waals surface area contributed by atoms with Crippen LogP contribution >= 0.6 is 0 Å². The van der Waals surface area contributed by atoms with Crippen molar-refractivity contribution in [2.24, 2.45) is 0 Å². The third-order valence-electron chi connectivity index (χ3n) is 7.57. The summed E-state index contributed by atoms with van der Waals surface area (Å²) in [6.45, 7) is 3.15. The molecule has 0 saturated carbocycles. The Hall–Kier alpha value is -5.48. The Kier molecular flexibility index (Phi) is 9.31. The molecular formula is C40H34O4. The predicted octanol–water partition coefficient (Wildman–Crippen LogP) is 9.29. The monoisotopic (exact) mass is 578 g/mol. The van der Waals surface area contributed by atoms with E-state index < -0.39 is 0 Å². The zero-order chi connectivity index (χ0) is 31.1. The number of methoxy groups -OCH3 is 2. The van der Waals surface area contributed by atoms with E-state index in [1.165, 1.54) is 0 Å². The van der Waals surface area contributed by atoms with E-state index >= 15 is 0 Å². The van der Waals surface area contributed by atoms with Gasteiger partial charge in [0, 0.05) is 11.1 Å². The molecule has 5 aromatic rings. The number of ketones is 2. The largest absolute Gasteiger partial charge is 0.497 e. The second-order valence-corrected chi connectivity index (χ2v) is 10.5. The molecule has 44 heavy (non-hydrogen) atoms. The van der Waals surface area contributed by atoms with Crippen molar-refractivity contribution in [3.63, 3.8) is 0 Å². The molecule has 0 unspecified atom stereocenters. The zero-order valence-corrected chi connectivity index (χ0v) is 25.3. The first-order valence-electron chi connectivity index (χ1n) is 14.4. The van der Waals surface area contributed by atoms with Crippen molar-refractivity contribution in [3.05, 3.63) is 166 Å². The first kappa shape index (κ1) is 30.0. The molecule has 0 heterocycles. The molecule has 0 amide bonds. The second kappa shape index (κ2) is 13.7. The lowest BCUT2D eigenvalue weighted by atomic mass is 9.91. The average Bonchev–Trinajstić information content (AvgIpc) is 3.07. The standard InChI is InChI=1S/C40H34O4/c1-27(41)31-9-5-29(6-10-31)25-39(35-17-21-37(43-3)22-18-35)33-13-15-34(16-14-33)40(36-19-23-38(44-4)24-20-36)26-30-7-11-32(12-8-30)28(2)42/h5-26H,1-4H3/b39-25-,40-26-. The predicted molar refractivity (Wildman–Crippen MR) is 179 cm³/mol. The van der Waals surface area contributed by atoms with E-state index in [0.29, 0.717) is 11.1 Å². The van der Waals surface area contributed by atoms with E-state index in [4.69, 9.17) is 9.47 Å². The van der Waals surface area contributed by atoms with Gasteiger partial charge in [-0.1, -0.05) is 97.1 Å². The van der Waals surface area contributed by atoms with Crippen molar-refractivity contribution in [1.82, 2.24) is 0 Å². The molecule has 5 aromatic carbocycles. The average molecular weight is 579 g/mol. The van der Waals surface area contributed by atoms with Crippen LogP contribution in [0.3, 0.4) is 0 Å². The quantitative estimate of drug-likeness (QED) is 0.122. The van der Waals surface area contributed by atoms with Crippen molar-refractivity contribution in [2.75, 3.05) is 14.2 Å². The summed E-state index contributed by atoms with van der Waals surface area (Å²) in [6.07, 6.45) is 4.27. The van der Waals surface area contributed by atoms with Crippen molar-refractivity contribution >= 4 is 34.9 Å². The molecule has 0 bridgehead atoms. The minimum Gasteiger partial charge on any atom is -0.497 e. The van der Waals surface area contributed by atoms with Crippen LogP contribution in [0.15, 0.2) is 121 Å². The number of hydrogen-bond acceptors (Lipinski definition) is 4. The third kappa shape index (κ3) is 7.11. The molecule has 0 atom stereocenters. The third-order valence-corrected chi connectivity index (χ3v) is 7.57. The molecule has 0 aliphatic heterocycles. The minimum absolute atomic E-state index is 0.0435. The molecule has 0 N–H and O–H groups in total. The van der Waals surface area contributed by atoms with Gasteiger partial charge in [-0.25, -0.2) is 0 Å². The van der Waals surface area contributed by atoms with Crippen LogP contribution < -0.4 is 9.47 Å². The van der Waals surface area contributed by atoms with Crippen LogP contribution in [0, 0.1) is 0 Å². The topological polar surface area (TPSA) is 52.6 Å². The first-order valence-corrected chi connectivity index (χ1v) is 14.4. The Morgan fingerprint density at radius 1 is 0.409 bits per heavy atom. The number of carbonyl (C=O) groups excluding carboxylic acids is 2. The highest BCUT2D eigenvalue weighted by Gasteiger charge is 2.11. The van der Waals surface area contributed by atoms with E-state index in [1.807, 2.05) is 72.8 Å². The van der Waals surface area contributed by atoms with Crippen LogP contribution in [-0.2, 0) is 0 Å². The Morgan fingerprint density at radius 2 is 0.659 bits per heavy atom. The molecule has 4 heteroatoms. The Balaban J connectivity index is 1.57. The van der Waals surface area contributed by atoms with E-state index in [9.17, 15) is 9.59 Å². The van der Waals surface area contributed by atoms with Gasteiger partial charge in [0.15, 0.2) is 11.6 Å². The van der Waals surface area contributed by atoms with Crippen LogP contribution in [0.4, 0.5) is 0 Å². The summed E-state index contributed by atoms with van der Waals surface area (Å²) in [5.41, 5.74) is 9.66. The Morgan fingerprint density at radius 3 is 0.909 bits per heavy atom. The number of benzene rings is 5. The maximum Gasteiger partial charge on any atom is 0.159 e. The summed E-state index contributed by atoms with van der Waals surface area (Å²) in [5.74, 6) is 1.67. The van der Waals surface area contributed by atoms with Crippen molar-refractivity contribution in [2.45, 2.75) is 13.8 Å². The normalized spacial score (nSPS) is 11.6. The van der Waals surface area contributed by atoms with Crippen LogP contribution in [0.25, 0.3) is 23.3 Å². The highest BCUT2D eigenvalue weighted by molar-refractivity contribution is 5.97. The van der Waals surface area contributed by atoms with Gasteiger partial charge in [0.25, 0.3) is 0 Å². The molecule has 4 nitrogen and oxygen atoms in total. The fourth-order valence-corrected chi connectivity index (χ4v) is 5.00. The first-order chi connectivity index (χ1) is 21.3. The molecular weight excluding hydrogens is 544 g/mol. The summed E-state index contributed by atoms with van der Waals surface area (Å²) < 4.78 is 10.8. The van der Waals surface area contributed by atoms with Crippen molar-refractivity contribution in [3.8, 4) is 11.5 Å². The summed E-state index contributed by atoms with van der Waals surface area (Å²) in [5, 5.41) is 0. The van der Waals surface area contributed by atoms with Crippen LogP contribution in [0.5, 0.6) is 11.5 Å². The molecule has 0 aliphatic rings. The van der Waals surface area contributed by atoms with Gasteiger partial charge in [-0.2, -0.15) is 0 Å². The lowest BCUT2D eigenvalue weighted by Crippen LogP contribution is -1.94. The molecule has 0 radical (unpaired) electrons. The summed E-state index contributed by atoms with van der Waals surface area (Å²) in [6, 6.07) is 39.9. The molecule has 0 fully saturated rings. The molecule has 218 valence electrons.